The molecule has 1 atom stereocenters. The van der Waals surface area contributed by atoms with E-state index in [0.717, 1.165) is 24.1 Å². The first kappa shape index (κ1) is 18.0. The van der Waals surface area contributed by atoms with Gasteiger partial charge in [-0.3, -0.25) is 14.6 Å². The van der Waals surface area contributed by atoms with Crippen LogP contribution in [0.25, 0.3) is 0 Å². The van der Waals surface area contributed by atoms with Gasteiger partial charge >= 0.3 is 0 Å². The molecular formula is C19H21N3O4. The predicted octanol–water partition coefficient (Wildman–Crippen LogP) is 1.68. The van der Waals surface area contributed by atoms with E-state index in [1.807, 2.05) is 6.07 Å². The van der Waals surface area contributed by atoms with Gasteiger partial charge in [0.15, 0.2) is 6.10 Å². The van der Waals surface area contributed by atoms with Crippen molar-refractivity contribution < 1.29 is 19.4 Å². The second-order valence-corrected chi connectivity index (χ2v) is 6.07. The topological polar surface area (TPSA) is 91.8 Å². The third kappa shape index (κ3) is 3.89. The smallest absolute Gasteiger partial charge is 0.259 e. The van der Waals surface area contributed by atoms with Crippen molar-refractivity contribution in [2.24, 2.45) is 0 Å². The predicted molar refractivity (Wildman–Crippen MR) is 96.8 cm³/mol. The maximum Gasteiger partial charge on any atom is 0.259 e. The Morgan fingerprint density at radius 1 is 1.35 bits per heavy atom. The maximum absolute atomic E-state index is 12.3. The monoisotopic (exact) mass is 355 g/mol. The highest BCUT2D eigenvalue weighted by Crippen LogP contribution is 2.30. The molecule has 26 heavy (non-hydrogen) atoms. The van der Waals surface area contributed by atoms with E-state index in [-0.39, 0.29) is 18.2 Å². The Bertz CT molecular complexity index is 795. The number of hydrogen-bond acceptors (Lipinski definition) is 5. The van der Waals surface area contributed by atoms with E-state index in [1.165, 1.54) is 13.3 Å². The quantitative estimate of drug-likeness (QED) is 0.851. The molecule has 0 bridgehead atoms. The first-order valence-corrected chi connectivity index (χ1v) is 8.42. The number of aliphatic hydroxyl groups is 1. The van der Waals surface area contributed by atoms with Crippen LogP contribution in [0.5, 0.6) is 0 Å². The van der Waals surface area contributed by atoms with Crippen molar-refractivity contribution >= 4 is 23.2 Å². The van der Waals surface area contributed by atoms with Gasteiger partial charge in [0, 0.05) is 31.2 Å². The number of nitrogens with zero attached hydrogens (tertiary/aromatic N) is 2. The minimum absolute atomic E-state index is 0.00835. The number of pyridine rings is 1. The highest BCUT2D eigenvalue weighted by atomic mass is 16.5. The summed E-state index contributed by atoms with van der Waals surface area (Å²) in [7, 11) is 1.48. The van der Waals surface area contributed by atoms with E-state index in [2.05, 4.69) is 10.3 Å². The summed E-state index contributed by atoms with van der Waals surface area (Å²) in [5, 5.41) is 12.8. The molecule has 0 saturated carbocycles. The van der Waals surface area contributed by atoms with E-state index >= 15 is 0 Å². The van der Waals surface area contributed by atoms with Crippen molar-refractivity contribution in [3.63, 3.8) is 0 Å². The van der Waals surface area contributed by atoms with Gasteiger partial charge in [-0.15, -0.1) is 0 Å². The summed E-state index contributed by atoms with van der Waals surface area (Å²) in [6.07, 6.45) is 1.91. The van der Waals surface area contributed by atoms with Crippen molar-refractivity contribution in [3.05, 3.63) is 53.9 Å². The Morgan fingerprint density at radius 2 is 2.19 bits per heavy atom. The molecule has 2 amide bonds. The molecule has 2 aromatic rings. The lowest BCUT2D eigenvalue weighted by atomic mass is 10.0. The summed E-state index contributed by atoms with van der Waals surface area (Å²) in [6.45, 7) is 0.623. The minimum Gasteiger partial charge on any atom is -0.377 e. The van der Waals surface area contributed by atoms with Crippen LogP contribution in [0.15, 0.2) is 42.6 Å². The number of anilines is 2. The Balaban J connectivity index is 1.78. The van der Waals surface area contributed by atoms with Gasteiger partial charge in [-0.1, -0.05) is 12.1 Å². The normalized spacial score (nSPS) is 14.5. The largest absolute Gasteiger partial charge is 0.377 e. The molecule has 136 valence electrons. The minimum atomic E-state index is -1.36. The fourth-order valence-electron chi connectivity index (χ4n) is 3.00. The lowest BCUT2D eigenvalue weighted by Crippen LogP contribution is -2.37. The zero-order valence-corrected chi connectivity index (χ0v) is 14.5. The van der Waals surface area contributed by atoms with Crippen LogP contribution in [0.4, 0.5) is 11.4 Å². The van der Waals surface area contributed by atoms with Gasteiger partial charge < -0.3 is 20.1 Å². The first-order valence-electron chi connectivity index (χ1n) is 8.42. The number of aliphatic hydroxyl groups excluding tert-OH is 1. The molecule has 0 radical (unpaired) electrons. The second-order valence-electron chi connectivity index (χ2n) is 6.07. The van der Waals surface area contributed by atoms with Crippen molar-refractivity contribution in [2.45, 2.75) is 18.9 Å². The Hall–Kier alpha value is -2.77. The van der Waals surface area contributed by atoms with Crippen molar-refractivity contribution in [1.29, 1.82) is 0 Å². The molecule has 3 rings (SSSR count). The average molecular weight is 355 g/mol. The lowest BCUT2D eigenvalue weighted by Gasteiger charge is -2.30. The van der Waals surface area contributed by atoms with Crippen LogP contribution in [0.2, 0.25) is 0 Å². The number of carbonyl (C=O) groups excluding carboxylic acids is 2. The molecule has 0 spiro atoms. The Labute approximate surface area is 151 Å². The Kier molecular flexibility index (Phi) is 5.60. The highest BCUT2D eigenvalue weighted by Gasteiger charge is 2.24. The van der Waals surface area contributed by atoms with Crippen LogP contribution in [0.1, 0.15) is 23.8 Å². The van der Waals surface area contributed by atoms with Gasteiger partial charge in [-0.25, -0.2) is 0 Å². The third-order valence-corrected chi connectivity index (χ3v) is 4.26. The molecule has 1 aromatic heterocycles. The van der Waals surface area contributed by atoms with Gasteiger partial charge in [0.05, 0.1) is 5.69 Å². The first-order chi connectivity index (χ1) is 12.6. The fourth-order valence-corrected chi connectivity index (χ4v) is 3.00. The number of carbonyl (C=O) groups is 2. The molecule has 0 saturated heterocycles. The number of methoxy groups -OCH3 is 1. The van der Waals surface area contributed by atoms with E-state index in [0.29, 0.717) is 12.2 Å². The third-order valence-electron chi connectivity index (χ3n) is 4.26. The number of aromatic nitrogens is 1. The number of fused-ring (bicyclic) bond motifs is 1. The van der Waals surface area contributed by atoms with E-state index in [4.69, 9.17) is 4.74 Å². The molecule has 2 N–H and O–H groups in total. The van der Waals surface area contributed by atoms with E-state index < -0.39 is 12.0 Å². The zero-order chi connectivity index (χ0) is 18.5. The molecular weight excluding hydrogens is 334 g/mol. The Morgan fingerprint density at radius 3 is 2.92 bits per heavy atom. The van der Waals surface area contributed by atoms with Crippen LogP contribution in [0, 0.1) is 0 Å². The molecule has 1 aliphatic rings. The molecule has 7 nitrogen and oxygen atoms in total. The summed E-state index contributed by atoms with van der Waals surface area (Å²) in [5.41, 5.74) is 2.60. The summed E-state index contributed by atoms with van der Waals surface area (Å²) in [5.74, 6) is -0.695. The van der Waals surface area contributed by atoms with Crippen molar-refractivity contribution in [1.82, 2.24) is 4.98 Å². The maximum atomic E-state index is 12.3. The molecule has 1 aliphatic heterocycles. The highest BCUT2D eigenvalue weighted by molar-refractivity contribution is 5.98. The number of hydrogen-bond donors (Lipinski definition) is 2. The number of rotatable bonds is 5. The standard InChI is InChI=1S/C19H21N3O4/c1-26-12-17(23)22-10-4-5-13-7-8-14(11-16(13)22)21-19(25)18(24)15-6-2-3-9-20-15/h2-3,6-9,11,18,24H,4-5,10,12H2,1H3,(H,21,25). The molecule has 1 unspecified atom stereocenters. The summed E-state index contributed by atoms with van der Waals surface area (Å²) < 4.78 is 4.95. The zero-order valence-electron chi connectivity index (χ0n) is 14.5. The molecule has 0 fully saturated rings. The number of amides is 2. The summed E-state index contributed by atoms with van der Waals surface area (Å²) in [6, 6.07) is 10.4. The molecule has 0 aliphatic carbocycles. The number of aryl methyl sites for hydroxylation is 1. The van der Waals surface area contributed by atoms with Crippen LogP contribution >= 0.6 is 0 Å². The molecule has 7 heteroatoms. The van der Waals surface area contributed by atoms with Gasteiger partial charge in [0.2, 0.25) is 0 Å². The van der Waals surface area contributed by atoms with Crippen LogP contribution in [-0.4, -0.2) is 42.2 Å². The number of benzene rings is 1. The van der Waals surface area contributed by atoms with Gasteiger partial charge in [-0.2, -0.15) is 0 Å². The van der Waals surface area contributed by atoms with Crippen LogP contribution < -0.4 is 10.2 Å². The molecule has 2 heterocycles. The summed E-state index contributed by atoms with van der Waals surface area (Å²) in [4.78, 5) is 30.2. The van der Waals surface area contributed by atoms with Gasteiger partial charge in [-0.05, 0) is 42.7 Å². The fraction of sp³-hybridized carbons (Fsp3) is 0.316. The van der Waals surface area contributed by atoms with E-state index in [9.17, 15) is 14.7 Å². The van der Waals surface area contributed by atoms with E-state index in [1.54, 1.807) is 35.2 Å². The van der Waals surface area contributed by atoms with Gasteiger partial charge in [0.25, 0.3) is 11.8 Å². The van der Waals surface area contributed by atoms with Gasteiger partial charge in [0.1, 0.15) is 6.61 Å². The van der Waals surface area contributed by atoms with Crippen LogP contribution in [0.3, 0.4) is 0 Å². The summed E-state index contributed by atoms with van der Waals surface area (Å²) >= 11 is 0. The number of ether oxygens (including phenoxy) is 1. The van der Waals surface area contributed by atoms with Crippen molar-refractivity contribution in [2.75, 3.05) is 30.5 Å². The molecule has 1 aromatic carbocycles. The van der Waals surface area contributed by atoms with Crippen LogP contribution in [-0.2, 0) is 20.7 Å². The lowest BCUT2D eigenvalue weighted by molar-refractivity contribution is -0.124. The SMILES string of the molecule is COCC(=O)N1CCCc2ccc(NC(=O)C(O)c3ccccn3)cc21. The average Bonchev–Trinajstić information content (AvgIpc) is 2.67. The number of nitrogens with one attached hydrogen (secondary N) is 1. The van der Waals surface area contributed by atoms with Crippen molar-refractivity contribution in [3.8, 4) is 0 Å². The second kappa shape index (κ2) is 8.07.